The summed E-state index contributed by atoms with van der Waals surface area (Å²) in [6.45, 7) is 0.274. The summed E-state index contributed by atoms with van der Waals surface area (Å²) >= 11 is 0. The van der Waals surface area contributed by atoms with Crippen LogP contribution in [0.4, 0.5) is 5.69 Å². The highest BCUT2D eigenvalue weighted by molar-refractivity contribution is 5.94. The number of nitro benzene ring substituents is 1. The fourth-order valence-electron chi connectivity index (χ4n) is 2.13. The van der Waals surface area contributed by atoms with Crippen molar-refractivity contribution in [1.29, 1.82) is 0 Å². The molecule has 0 saturated carbocycles. The maximum atomic E-state index is 12.0. The lowest BCUT2D eigenvalue weighted by molar-refractivity contribution is -0.384. The first-order chi connectivity index (χ1) is 10.6. The Morgan fingerprint density at radius 2 is 1.91 bits per heavy atom. The van der Waals surface area contributed by atoms with Gasteiger partial charge in [-0.2, -0.15) is 0 Å². The van der Waals surface area contributed by atoms with Crippen molar-refractivity contribution in [2.45, 2.75) is 6.67 Å². The van der Waals surface area contributed by atoms with Crippen LogP contribution in [0.5, 0.6) is 0 Å². The van der Waals surface area contributed by atoms with Crippen molar-refractivity contribution in [2.24, 2.45) is 0 Å². The van der Waals surface area contributed by atoms with Gasteiger partial charge in [-0.05, 0) is 24.3 Å². The van der Waals surface area contributed by atoms with Crippen molar-refractivity contribution in [2.75, 3.05) is 0 Å². The lowest BCUT2D eigenvalue weighted by atomic mass is 10.2. The molecular formula is C15H12N4O3. The van der Waals surface area contributed by atoms with Crippen LogP contribution in [0.2, 0.25) is 0 Å². The van der Waals surface area contributed by atoms with Gasteiger partial charge in [-0.15, -0.1) is 0 Å². The fourth-order valence-corrected chi connectivity index (χ4v) is 2.13. The van der Waals surface area contributed by atoms with Gasteiger partial charge >= 0.3 is 0 Å². The standard InChI is InChI=1S/C15H12N4O3/c20-15(11-5-7-12(8-6-11)19(21)22)17-10-18-9-16-13-3-1-2-4-14(13)18/h1-9H,10H2,(H,17,20). The first-order valence-corrected chi connectivity index (χ1v) is 6.57. The minimum Gasteiger partial charge on any atom is -0.334 e. The smallest absolute Gasteiger partial charge is 0.269 e. The van der Waals surface area contributed by atoms with E-state index in [0.29, 0.717) is 5.56 Å². The number of rotatable bonds is 4. The summed E-state index contributed by atoms with van der Waals surface area (Å²) in [5.41, 5.74) is 2.10. The van der Waals surface area contributed by atoms with E-state index in [9.17, 15) is 14.9 Å². The Balaban J connectivity index is 1.70. The van der Waals surface area contributed by atoms with E-state index < -0.39 is 4.92 Å². The number of carbonyl (C=O) groups excluding carboxylic acids is 1. The summed E-state index contributed by atoms with van der Waals surface area (Å²) in [5.74, 6) is -0.298. The number of nitrogens with zero attached hydrogens (tertiary/aromatic N) is 3. The molecule has 0 bridgehead atoms. The molecule has 0 spiro atoms. The van der Waals surface area contributed by atoms with Gasteiger partial charge < -0.3 is 9.88 Å². The van der Waals surface area contributed by atoms with Gasteiger partial charge in [0.25, 0.3) is 11.6 Å². The minimum absolute atomic E-state index is 0.0443. The zero-order valence-corrected chi connectivity index (χ0v) is 11.5. The van der Waals surface area contributed by atoms with Crippen molar-refractivity contribution < 1.29 is 9.72 Å². The number of nitro groups is 1. The average Bonchev–Trinajstić information content (AvgIpc) is 2.96. The minimum atomic E-state index is -0.501. The van der Waals surface area contributed by atoms with E-state index in [1.54, 1.807) is 6.33 Å². The predicted molar refractivity (Wildman–Crippen MR) is 80.3 cm³/mol. The highest BCUT2D eigenvalue weighted by atomic mass is 16.6. The van der Waals surface area contributed by atoms with Crippen molar-refractivity contribution in [1.82, 2.24) is 14.9 Å². The summed E-state index contributed by atoms with van der Waals surface area (Å²) < 4.78 is 1.82. The van der Waals surface area contributed by atoms with Gasteiger partial charge in [-0.25, -0.2) is 4.98 Å². The Kier molecular flexibility index (Phi) is 3.53. The largest absolute Gasteiger partial charge is 0.334 e. The van der Waals surface area contributed by atoms with Crippen LogP contribution in [0.25, 0.3) is 11.0 Å². The molecule has 110 valence electrons. The number of aromatic nitrogens is 2. The van der Waals surface area contributed by atoms with E-state index in [1.807, 2.05) is 28.8 Å². The second kappa shape index (κ2) is 5.65. The second-order valence-electron chi connectivity index (χ2n) is 4.67. The summed E-state index contributed by atoms with van der Waals surface area (Å²) in [4.78, 5) is 26.4. The number of non-ortho nitro benzene ring substituents is 1. The molecule has 0 aliphatic rings. The molecule has 7 heteroatoms. The lowest BCUT2D eigenvalue weighted by Crippen LogP contribution is -2.25. The van der Waals surface area contributed by atoms with Crippen molar-refractivity contribution in [3.05, 3.63) is 70.5 Å². The molecule has 7 nitrogen and oxygen atoms in total. The molecule has 1 N–H and O–H groups in total. The summed E-state index contributed by atoms with van der Waals surface area (Å²) in [6, 6.07) is 13.1. The molecular weight excluding hydrogens is 284 g/mol. The number of hydrogen-bond donors (Lipinski definition) is 1. The van der Waals surface area contributed by atoms with Crippen LogP contribution in [-0.2, 0) is 6.67 Å². The van der Waals surface area contributed by atoms with Crippen LogP contribution in [0, 0.1) is 10.1 Å². The Bertz CT molecular complexity index is 839. The van der Waals surface area contributed by atoms with E-state index in [4.69, 9.17) is 0 Å². The third-order valence-corrected chi connectivity index (χ3v) is 3.28. The molecule has 3 rings (SSSR count). The van der Waals surface area contributed by atoms with Gasteiger partial charge in [-0.3, -0.25) is 14.9 Å². The zero-order chi connectivity index (χ0) is 15.5. The van der Waals surface area contributed by atoms with E-state index in [2.05, 4.69) is 10.3 Å². The fraction of sp³-hybridized carbons (Fsp3) is 0.0667. The predicted octanol–water partition coefficient (Wildman–Crippen LogP) is 2.33. The Morgan fingerprint density at radius 1 is 1.18 bits per heavy atom. The molecule has 0 aliphatic carbocycles. The van der Waals surface area contributed by atoms with Crippen LogP contribution in [0.3, 0.4) is 0 Å². The van der Waals surface area contributed by atoms with Crippen molar-refractivity contribution in [3.8, 4) is 0 Å². The van der Waals surface area contributed by atoms with Crippen molar-refractivity contribution in [3.63, 3.8) is 0 Å². The molecule has 22 heavy (non-hydrogen) atoms. The molecule has 0 radical (unpaired) electrons. The Hall–Kier alpha value is -3.22. The Labute approximate surface area is 125 Å². The number of para-hydroxylation sites is 2. The Morgan fingerprint density at radius 3 is 2.64 bits per heavy atom. The summed E-state index contributed by atoms with van der Waals surface area (Å²) in [7, 11) is 0. The maximum Gasteiger partial charge on any atom is 0.269 e. The zero-order valence-electron chi connectivity index (χ0n) is 11.5. The molecule has 0 unspecified atom stereocenters. The molecule has 0 atom stereocenters. The lowest BCUT2D eigenvalue weighted by Gasteiger charge is -2.07. The first-order valence-electron chi connectivity index (χ1n) is 6.57. The number of amides is 1. The molecule has 0 saturated heterocycles. The molecule has 3 aromatic rings. The highest BCUT2D eigenvalue weighted by Gasteiger charge is 2.09. The molecule has 1 amide bonds. The molecule has 0 fully saturated rings. The van der Waals surface area contributed by atoms with E-state index in [1.165, 1.54) is 24.3 Å². The van der Waals surface area contributed by atoms with E-state index in [-0.39, 0.29) is 18.3 Å². The monoisotopic (exact) mass is 296 g/mol. The molecule has 1 aromatic heterocycles. The number of hydrogen-bond acceptors (Lipinski definition) is 4. The average molecular weight is 296 g/mol. The van der Waals surface area contributed by atoms with E-state index in [0.717, 1.165) is 11.0 Å². The van der Waals surface area contributed by atoms with Crippen LogP contribution in [0.15, 0.2) is 54.9 Å². The summed E-state index contributed by atoms with van der Waals surface area (Å²) in [6.07, 6.45) is 1.65. The van der Waals surface area contributed by atoms with Gasteiger partial charge in [0, 0.05) is 17.7 Å². The molecule has 1 heterocycles. The molecule has 2 aromatic carbocycles. The van der Waals surface area contributed by atoms with Gasteiger partial charge in [0.1, 0.15) is 0 Å². The molecule has 0 aliphatic heterocycles. The van der Waals surface area contributed by atoms with Crippen LogP contribution < -0.4 is 5.32 Å². The highest BCUT2D eigenvalue weighted by Crippen LogP contribution is 2.13. The van der Waals surface area contributed by atoms with Gasteiger partial charge in [-0.1, -0.05) is 12.1 Å². The third-order valence-electron chi connectivity index (χ3n) is 3.28. The number of benzene rings is 2. The van der Waals surface area contributed by atoms with Crippen LogP contribution in [0.1, 0.15) is 10.4 Å². The number of imidazole rings is 1. The number of carbonyl (C=O) groups is 1. The normalized spacial score (nSPS) is 10.5. The first kappa shape index (κ1) is 13.7. The van der Waals surface area contributed by atoms with Crippen molar-refractivity contribution >= 4 is 22.6 Å². The topological polar surface area (TPSA) is 90.1 Å². The summed E-state index contributed by atoms with van der Waals surface area (Å²) in [5, 5.41) is 13.3. The maximum absolute atomic E-state index is 12.0. The van der Waals surface area contributed by atoms with Crippen LogP contribution >= 0.6 is 0 Å². The van der Waals surface area contributed by atoms with Gasteiger partial charge in [0.2, 0.25) is 0 Å². The number of nitrogens with one attached hydrogen (secondary N) is 1. The second-order valence-corrected chi connectivity index (χ2v) is 4.67. The van der Waals surface area contributed by atoms with E-state index >= 15 is 0 Å². The third kappa shape index (κ3) is 2.64. The van der Waals surface area contributed by atoms with Crippen LogP contribution in [-0.4, -0.2) is 20.4 Å². The SMILES string of the molecule is O=C(NCn1cnc2ccccc21)c1ccc([N+](=O)[O-])cc1. The quantitative estimate of drug-likeness (QED) is 0.591. The van der Waals surface area contributed by atoms with Gasteiger partial charge in [0.05, 0.1) is 29.0 Å². The number of fused-ring (bicyclic) bond motifs is 1. The van der Waals surface area contributed by atoms with Gasteiger partial charge in [0.15, 0.2) is 0 Å².